The maximum atomic E-state index is 12.5. The van der Waals surface area contributed by atoms with Crippen molar-refractivity contribution in [2.75, 3.05) is 4.72 Å². The molecule has 0 amide bonds. The Balaban J connectivity index is 2.40. The lowest BCUT2D eigenvalue weighted by Crippen LogP contribution is -2.15. The standard InChI is InChI=1S/C16H18N2O5S/c1-11(2)23-16-7-5-4-6-14(16)17-24(21,22)13-9-8-12(3)15(10-13)18(19)20/h4-11,17H,1-3H3. The van der Waals surface area contributed by atoms with Crippen LogP contribution >= 0.6 is 0 Å². The molecular weight excluding hydrogens is 332 g/mol. The predicted molar refractivity (Wildman–Crippen MR) is 90.8 cm³/mol. The lowest BCUT2D eigenvalue weighted by molar-refractivity contribution is -0.385. The van der Waals surface area contributed by atoms with Crippen LogP contribution in [0.2, 0.25) is 0 Å². The molecule has 0 spiro atoms. The number of aryl methyl sites for hydroxylation is 1. The Bertz CT molecular complexity index is 863. The smallest absolute Gasteiger partial charge is 0.273 e. The molecule has 0 aliphatic rings. The first-order valence-electron chi connectivity index (χ1n) is 7.24. The fraction of sp³-hybridized carbons (Fsp3) is 0.250. The Morgan fingerprint density at radius 3 is 2.46 bits per heavy atom. The first-order valence-corrected chi connectivity index (χ1v) is 8.72. The van der Waals surface area contributed by atoms with Crippen LogP contribution in [0.4, 0.5) is 11.4 Å². The van der Waals surface area contributed by atoms with Gasteiger partial charge in [0.25, 0.3) is 15.7 Å². The Labute approximate surface area is 140 Å². The number of nitrogens with one attached hydrogen (secondary N) is 1. The summed E-state index contributed by atoms with van der Waals surface area (Å²) in [6.07, 6.45) is -0.129. The Morgan fingerprint density at radius 1 is 1.17 bits per heavy atom. The average Bonchev–Trinajstić information content (AvgIpc) is 2.48. The number of sulfonamides is 1. The molecule has 2 rings (SSSR count). The Morgan fingerprint density at radius 2 is 1.83 bits per heavy atom. The van der Waals surface area contributed by atoms with E-state index < -0.39 is 14.9 Å². The largest absolute Gasteiger partial charge is 0.489 e. The molecule has 128 valence electrons. The zero-order valence-electron chi connectivity index (χ0n) is 13.5. The number of hydrogen-bond donors (Lipinski definition) is 1. The maximum absolute atomic E-state index is 12.5. The second kappa shape index (κ2) is 6.88. The van der Waals surface area contributed by atoms with Crippen molar-refractivity contribution in [1.29, 1.82) is 0 Å². The average molecular weight is 350 g/mol. The SMILES string of the molecule is Cc1ccc(S(=O)(=O)Nc2ccccc2OC(C)C)cc1[N+](=O)[O-]. The third-order valence-corrected chi connectivity index (χ3v) is 4.54. The van der Waals surface area contributed by atoms with Crippen LogP contribution in [0.15, 0.2) is 47.4 Å². The van der Waals surface area contributed by atoms with Gasteiger partial charge in [0.15, 0.2) is 0 Å². The molecule has 7 nitrogen and oxygen atoms in total. The van der Waals surface area contributed by atoms with Crippen molar-refractivity contribution in [3.05, 3.63) is 58.1 Å². The summed E-state index contributed by atoms with van der Waals surface area (Å²) in [5.41, 5.74) is 0.418. The van der Waals surface area contributed by atoms with Gasteiger partial charge in [-0.15, -0.1) is 0 Å². The predicted octanol–water partition coefficient (Wildman–Crippen LogP) is 3.49. The van der Waals surface area contributed by atoms with Crippen LogP contribution in [0, 0.1) is 17.0 Å². The zero-order chi connectivity index (χ0) is 17.9. The van der Waals surface area contributed by atoms with E-state index in [2.05, 4.69) is 4.72 Å². The van der Waals surface area contributed by atoms with E-state index >= 15 is 0 Å². The molecule has 0 saturated heterocycles. The Hall–Kier alpha value is -2.61. The fourth-order valence-corrected chi connectivity index (χ4v) is 3.15. The van der Waals surface area contributed by atoms with E-state index in [1.807, 2.05) is 13.8 Å². The van der Waals surface area contributed by atoms with Crippen LogP contribution in [0.3, 0.4) is 0 Å². The molecule has 0 fully saturated rings. The second-order valence-electron chi connectivity index (χ2n) is 5.47. The number of benzene rings is 2. The summed E-state index contributed by atoms with van der Waals surface area (Å²) in [6, 6.07) is 10.4. The highest BCUT2D eigenvalue weighted by Gasteiger charge is 2.21. The summed E-state index contributed by atoms with van der Waals surface area (Å²) in [5, 5.41) is 11.0. The molecule has 2 aromatic rings. The van der Waals surface area contributed by atoms with Gasteiger partial charge >= 0.3 is 0 Å². The molecule has 0 heterocycles. The van der Waals surface area contributed by atoms with Crippen molar-refractivity contribution >= 4 is 21.4 Å². The summed E-state index contributed by atoms with van der Waals surface area (Å²) in [4.78, 5) is 10.2. The lowest BCUT2D eigenvalue weighted by atomic mass is 10.2. The number of hydrogen-bond acceptors (Lipinski definition) is 5. The van der Waals surface area contributed by atoms with Gasteiger partial charge in [-0.2, -0.15) is 0 Å². The van der Waals surface area contributed by atoms with E-state index in [4.69, 9.17) is 4.74 Å². The quantitative estimate of drug-likeness (QED) is 0.635. The first kappa shape index (κ1) is 17.7. The van der Waals surface area contributed by atoms with Crippen LogP contribution in [-0.4, -0.2) is 19.4 Å². The summed E-state index contributed by atoms with van der Waals surface area (Å²) < 4.78 is 33.1. The van der Waals surface area contributed by atoms with Crippen LogP contribution < -0.4 is 9.46 Å². The minimum Gasteiger partial charge on any atom is -0.489 e. The third-order valence-electron chi connectivity index (χ3n) is 3.18. The van der Waals surface area contributed by atoms with Gasteiger partial charge in [0.05, 0.1) is 21.6 Å². The van der Waals surface area contributed by atoms with Crippen molar-refractivity contribution in [2.24, 2.45) is 0 Å². The number of rotatable bonds is 6. The normalized spacial score (nSPS) is 11.3. The summed E-state index contributed by atoms with van der Waals surface area (Å²) in [5.74, 6) is 0.387. The molecule has 0 saturated carbocycles. The number of nitro benzene ring substituents is 1. The molecule has 0 aliphatic heterocycles. The highest BCUT2D eigenvalue weighted by Crippen LogP contribution is 2.29. The monoisotopic (exact) mass is 350 g/mol. The van der Waals surface area contributed by atoms with Crippen LogP contribution in [0.5, 0.6) is 5.75 Å². The molecule has 0 unspecified atom stereocenters. The van der Waals surface area contributed by atoms with E-state index in [1.165, 1.54) is 12.1 Å². The maximum Gasteiger partial charge on any atom is 0.273 e. The highest BCUT2D eigenvalue weighted by molar-refractivity contribution is 7.92. The van der Waals surface area contributed by atoms with Crippen LogP contribution in [0.1, 0.15) is 19.4 Å². The van der Waals surface area contributed by atoms with Gasteiger partial charge in [-0.05, 0) is 39.0 Å². The van der Waals surface area contributed by atoms with Crippen molar-refractivity contribution in [1.82, 2.24) is 0 Å². The second-order valence-corrected chi connectivity index (χ2v) is 7.16. The van der Waals surface area contributed by atoms with Gasteiger partial charge in [-0.25, -0.2) is 8.42 Å². The van der Waals surface area contributed by atoms with E-state index in [1.54, 1.807) is 31.2 Å². The van der Waals surface area contributed by atoms with Gasteiger partial charge in [0.2, 0.25) is 0 Å². The van der Waals surface area contributed by atoms with Crippen molar-refractivity contribution in [3.8, 4) is 5.75 Å². The molecule has 0 aromatic heterocycles. The van der Waals surface area contributed by atoms with Crippen LogP contribution in [-0.2, 0) is 10.0 Å². The molecular formula is C16H18N2O5S. The molecule has 0 bridgehead atoms. The van der Waals surface area contributed by atoms with Gasteiger partial charge in [0, 0.05) is 11.6 Å². The van der Waals surface area contributed by atoms with Gasteiger partial charge in [0.1, 0.15) is 5.75 Å². The van der Waals surface area contributed by atoms with Crippen molar-refractivity contribution in [3.63, 3.8) is 0 Å². The molecule has 8 heteroatoms. The van der Waals surface area contributed by atoms with Gasteiger partial charge < -0.3 is 4.74 Å². The van der Waals surface area contributed by atoms with E-state index in [9.17, 15) is 18.5 Å². The molecule has 0 atom stereocenters. The van der Waals surface area contributed by atoms with Gasteiger partial charge in [-0.3, -0.25) is 14.8 Å². The highest BCUT2D eigenvalue weighted by atomic mass is 32.2. The van der Waals surface area contributed by atoms with Gasteiger partial charge in [-0.1, -0.05) is 18.2 Å². The fourth-order valence-electron chi connectivity index (χ4n) is 2.06. The van der Waals surface area contributed by atoms with Crippen molar-refractivity contribution < 1.29 is 18.1 Å². The lowest BCUT2D eigenvalue weighted by Gasteiger charge is -2.15. The van der Waals surface area contributed by atoms with E-state index in [0.717, 1.165) is 6.07 Å². The molecule has 1 N–H and O–H groups in total. The molecule has 0 radical (unpaired) electrons. The summed E-state index contributed by atoms with van der Waals surface area (Å²) in [6.45, 7) is 5.21. The number of anilines is 1. The topological polar surface area (TPSA) is 98.5 Å². The number of nitro groups is 1. The Kier molecular flexibility index (Phi) is 5.08. The number of para-hydroxylation sites is 2. The van der Waals surface area contributed by atoms with E-state index in [0.29, 0.717) is 11.3 Å². The van der Waals surface area contributed by atoms with E-state index in [-0.39, 0.29) is 22.4 Å². The van der Waals surface area contributed by atoms with Crippen LogP contribution in [0.25, 0.3) is 0 Å². The minimum atomic E-state index is -3.98. The van der Waals surface area contributed by atoms with Crippen molar-refractivity contribution in [2.45, 2.75) is 31.8 Å². The summed E-state index contributed by atoms with van der Waals surface area (Å²) >= 11 is 0. The first-order chi connectivity index (χ1) is 11.2. The molecule has 0 aliphatic carbocycles. The third kappa shape index (κ3) is 4.02. The number of ether oxygens (including phenoxy) is 1. The minimum absolute atomic E-state index is 0.129. The summed E-state index contributed by atoms with van der Waals surface area (Å²) in [7, 11) is -3.98. The molecule has 24 heavy (non-hydrogen) atoms. The molecule has 2 aromatic carbocycles. The number of nitrogens with zero attached hydrogens (tertiary/aromatic N) is 1. The zero-order valence-corrected chi connectivity index (χ0v) is 14.3.